The molecule has 1 N–H and O–H groups in total. The van der Waals surface area contributed by atoms with Crippen molar-refractivity contribution < 1.29 is 0 Å². The molecule has 4 heteroatoms. The Morgan fingerprint density at radius 1 is 1.24 bits per heavy atom. The summed E-state index contributed by atoms with van der Waals surface area (Å²) in [4.78, 5) is 5.73. The molecule has 2 heterocycles. The van der Waals surface area contributed by atoms with Gasteiger partial charge in [-0.2, -0.15) is 0 Å². The number of thiazole rings is 1. The summed E-state index contributed by atoms with van der Waals surface area (Å²) in [5.74, 6) is 0. The molecular formula is C17H21N3S. The van der Waals surface area contributed by atoms with Crippen LogP contribution in [0.25, 0.3) is 4.96 Å². The number of aromatic nitrogens is 2. The molecule has 3 rings (SSSR count). The molecule has 1 aromatic carbocycles. The maximum atomic E-state index is 4.64. The van der Waals surface area contributed by atoms with Crippen LogP contribution in [0.5, 0.6) is 0 Å². The molecule has 110 valence electrons. The number of nitrogens with one attached hydrogen (secondary N) is 1. The van der Waals surface area contributed by atoms with Gasteiger partial charge in [0.1, 0.15) is 0 Å². The summed E-state index contributed by atoms with van der Waals surface area (Å²) in [6.07, 6.45) is 1.05. The molecule has 0 fully saturated rings. The highest BCUT2D eigenvalue weighted by atomic mass is 32.1. The fraction of sp³-hybridized carbons (Fsp3) is 0.353. The van der Waals surface area contributed by atoms with Crippen LogP contribution in [0.15, 0.2) is 35.7 Å². The van der Waals surface area contributed by atoms with Gasteiger partial charge in [-0.05, 0) is 32.8 Å². The number of nitrogens with zero attached hydrogens (tertiary/aromatic N) is 2. The van der Waals surface area contributed by atoms with Crippen molar-refractivity contribution in [2.45, 2.75) is 39.8 Å². The van der Waals surface area contributed by atoms with Gasteiger partial charge in [-0.15, -0.1) is 11.3 Å². The predicted octanol–water partition coefficient (Wildman–Crippen LogP) is 3.73. The minimum absolute atomic E-state index is 0.441. The fourth-order valence-corrected chi connectivity index (χ4v) is 3.62. The zero-order valence-electron chi connectivity index (χ0n) is 12.8. The normalized spacial score (nSPS) is 12.9. The molecular weight excluding hydrogens is 278 g/mol. The van der Waals surface area contributed by atoms with Gasteiger partial charge in [-0.1, -0.05) is 30.3 Å². The Kier molecular flexibility index (Phi) is 4.08. The van der Waals surface area contributed by atoms with Crippen LogP contribution in [-0.2, 0) is 13.0 Å². The molecule has 0 spiro atoms. The van der Waals surface area contributed by atoms with Gasteiger partial charge in [0.25, 0.3) is 0 Å². The van der Waals surface area contributed by atoms with Crippen molar-refractivity contribution in [2.75, 3.05) is 0 Å². The van der Waals surface area contributed by atoms with Crippen molar-refractivity contribution >= 4 is 16.3 Å². The summed E-state index contributed by atoms with van der Waals surface area (Å²) < 4.78 is 2.27. The lowest BCUT2D eigenvalue weighted by atomic mass is 10.1. The van der Waals surface area contributed by atoms with E-state index in [2.05, 4.69) is 71.2 Å². The molecule has 1 unspecified atom stereocenters. The average molecular weight is 299 g/mol. The molecule has 0 amide bonds. The van der Waals surface area contributed by atoms with Crippen LogP contribution in [0, 0.1) is 13.8 Å². The van der Waals surface area contributed by atoms with E-state index < -0.39 is 0 Å². The Morgan fingerprint density at radius 3 is 2.76 bits per heavy atom. The van der Waals surface area contributed by atoms with Gasteiger partial charge in [0.05, 0.1) is 11.4 Å². The second-order valence-electron chi connectivity index (χ2n) is 5.61. The summed E-state index contributed by atoms with van der Waals surface area (Å²) in [6.45, 7) is 7.33. The zero-order valence-corrected chi connectivity index (χ0v) is 13.6. The van der Waals surface area contributed by atoms with Crippen LogP contribution >= 0.6 is 11.3 Å². The van der Waals surface area contributed by atoms with Crippen LogP contribution in [0.3, 0.4) is 0 Å². The largest absolute Gasteiger partial charge is 0.308 e. The second-order valence-corrected chi connectivity index (χ2v) is 6.45. The van der Waals surface area contributed by atoms with Crippen LogP contribution in [0.2, 0.25) is 0 Å². The number of hydrogen-bond donors (Lipinski definition) is 1. The fourth-order valence-electron chi connectivity index (χ4n) is 2.69. The first kappa shape index (κ1) is 14.3. The maximum absolute atomic E-state index is 4.64. The molecule has 0 aliphatic heterocycles. The summed E-state index contributed by atoms with van der Waals surface area (Å²) in [5, 5.41) is 5.79. The molecule has 0 aliphatic carbocycles. The quantitative estimate of drug-likeness (QED) is 0.778. The van der Waals surface area contributed by atoms with Crippen molar-refractivity contribution in [3.63, 3.8) is 0 Å². The van der Waals surface area contributed by atoms with Crippen molar-refractivity contribution in [1.82, 2.24) is 14.7 Å². The molecule has 0 saturated heterocycles. The summed E-state index contributed by atoms with van der Waals surface area (Å²) >= 11 is 1.71. The SMILES string of the molecule is Cc1nc2scc(C)n2c1CNC(C)Cc1ccccc1. The van der Waals surface area contributed by atoms with E-state index in [0.717, 1.165) is 23.6 Å². The van der Waals surface area contributed by atoms with E-state index in [1.165, 1.54) is 17.0 Å². The Bertz CT molecular complexity index is 727. The molecule has 1 atom stereocenters. The van der Waals surface area contributed by atoms with Crippen molar-refractivity contribution in [3.05, 3.63) is 58.4 Å². The summed E-state index contributed by atoms with van der Waals surface area (Å²) in [7, 11) is 0. The Balaban J connectivity index is 1.69. The lowest BCUT2D eigenvalue weighted by molar-refractivity contribution is 0.537. The van der Waals surface area contributed by atoms with Crippen LogP contribution in [0.4, 0.5) is 0 Å². The van der Waals surface area contributed by atoms with Crippen LogP contribution in [0.1, 0.15) is 29.6 Å². The van der Waals surface area contributed by atoms with Gasteiger partial charge in [-0.25, -0.2) is 4.98 Å². The van der Waals surface area contributed by atoms with Gasteiger partial charge in [0.15, 0.2) is 4.96 Å². The molecule has 21 heavy (non-hydrogen) atoms. The van der Waals surface area contributed by atoms with Gasteiger partial charge < -0.3 is 5.32 Å². The highest BCUT2D eigenvalue weighted by Crippen LogP contribution is 2.20. The third kappa shape index (κ3) is 3.01. The van der Waals surface area contributed by atoms with Crippen molar-refractivity contribution in [1.29, 1.82) is 0 Å². The minimum Gasteiger partial charge on any atom is -0.308 e. The summed E-state index contributed by atoms with van der Waals surface area (Å²) in [6, 6.07) is 11.1. The highest BCUT2D eigenvalue weighted by molar-refractivity contribution is 7.15. The second kappa shape index (κ2) is 6.00. The maximum Gasteiger partial charge on any atom is 0.194 e. The molecule has 3 aromatic rings. The molecule has 0 bridgehead atoms. The molecule has 2 aromatic heterocycles. The van der Waals surface area contributed by atoms with E-state index in [0.29, 0.717) is 6.04 Å². The standard InChI is InChI=1S/C17H21N3S/c1-12(9-15-7-5-4-6-8-15)18-10-16-14(3)19-17-20(16)13(2)11-21-17/h4-8,11-12,18H,9-10H2,1-3H3. The van der Waals surface area contributed by atoms with Crippen LogP contribution < -0.4 is 5.32 Å². The van der Waals surface area contributed by atoms with E-state index in [9.17, 15) is 0 Å². The van der Waals surface area contributed by atoms with Crippen LogP contribution in [-0.4, -0.2) is 15.4 Å². The minimum atomic E-state index is 0.441. The first-order valence-electron chi connectivity index (χ1n) is 7.34. The predicted molar refractivity (Wildman–Crippen MR) is 89.0 cm³/mol. The number of rotatable bonds is 5. The number of benzene rings is 1. The third-order valence-corrected chi connectivity index (χ3v) is 4.78. The number of aryl methyl sites for hydroxylation is 2. The van der Waals surface area contributed by atoms with E-state index in [4.69, 9.17) is 0 Å². The summed E-state index contributed by atoms with van der Waals surface area (Å²) in [5.41, 5.74) is 5.05. The van der Waals surface area contributed by atoms with E-state index >= 15 is 0 Å². The molecule has 0 radical (unpaired) electrons. The smallest absolute Gasteiger partial charge is 0.194 e. The topological polar surface area (TPSA) is 29.3 Å². The zero-order chi connectivity index (χ0) is 14.8. The Labute approximate surface area is 129 Å². The van der Waals surface area contributed by atoms with Gasteiger partial charge in [0.2, 0.25) is 0 Å². The third-order valence-electron chi connectivity index (χ3n) is 3.83. The number of hydrogen-bond acceptors (Lipinski definition) is 3. The first-order chi connectivity index (χ1) is 10.1. The van der Waals surface area contributed by atoms with E-state index in [1.54, 1.807) is 11.3 Å². The molecule has 0 aliphatic rings. The lowest BCUT2D eigenvalue weighted by Gasteiger charge is -2.14. The monoisotopic (exact) mass is 299 g/mol. The number of imidazole rings is 1. The highest BCUT2D eigenvalue weighted by Gasteiger charge is 2.13. The van der Waals surface area contributed by atoms with E-state index in [1.807, 2.05) is 0 Å². The van der Waals surface area contributed by atoms with Crippen molar-refractivity contribution in [3.8, 4) is 0 Å². The molecule has 0 saturated carbocycles. The lowest BCUT2D eigenvalue weighted by Crippen LogP contribution is -2.28. The first-order valence-corrected chi connectivity index (χ1v) is 8.22. The van der Waals surface area contributed by atoms with E-state index in [-0.39, 0.29) is 0 Å². The Hall–Kier alpha value is -1.65. The van der Waals surface area contributed by atoms with Gasteiger partial charge in [0, 0.05) is 23.7 Å². The molecule has 3 nitrogen and oxygen atoms in total. The van der Waals surface area contributed by atoms with Crippen molar-refractivity contribution in [2.24, 2.45) is 0 Å². The average Bonchev–Trinajstić information content (AvgIpc) is 2.97. The Morgan fingerprint density at radius 2 is 2.00 bits per heavy atom. The van der Waals surface area contributed by atoms with Gasteiger partial charge >= 0.3 is 0 Å². The van der Waals surface area contributed by atoms with Gasteiger partial charge in [-0.3, -0.25) is 4.40 Å². The number of fused-ring (bicyclic) bond motifs is 1.